The molecule has 0 atom stereocenters. The molecule has 0 fully saturated rings. The lowest BCUT2D eigenvalue weighted by Gasteiger charge is -2.04. The molecule has 0 amide bonds. The van der Waals surface area contributed by atoms with E-state index in [1.54, 1.807) is 6.08 Å². The van der Waals surface area contributed by atoms with E-state index in [1.165, 1.54) is 0 Å². The van der Waals surface area contributed by atoms with E-state index in [4.69, 9.17) is 12.2 Å². The first kappa shape index (κ1) is 11.5. The molecule has 4 nitrogen and oxygen atoms in total. The van der Waals surface area contributed by atoms with Gasteiger partial charge in [0.2, 0.25) is 0 Å². The summed E-state index contributed by atoms with van der Waals surface area (Å²) in [7, 11) is 0. The summed E-state index contributed by atoms with van der Waals surface area (Å²) >= 11 is 4.98. The molecule has 1 aromatic rings. The second-order valence-corrected chi connectivity index (χ2v) is 3.30. The van der Waals surface area contributed by atoms with Gasteiger partial charge in [0.15, 0.2) is 5.11 Å². The highest BCUT2D eigenvalue weighted by atomic mass is 32.1. The number of aromatic amines is 1. The second-order valence-electron chi connectivity index (χ2n) is 2.89. The lowest BCUT2D eigenvalue weighted by molar-refractivity contribution is 0.935. The van der Waals surface area contributed by atoms with Gasteiger partial charge < -0.3 is 10.3 Å². The van der Waals surface area contributed by atoms with Crippen LogP contribution in [-0.4, -0.2) is 22.4 Å². The van der Waals surface area contributed by atoms with Crippen LogP contribution in [0.1, 0.15) is 12.6 Å². The average Bonchev–Trinajstić information content (AvgIpc) is 2.76. The Morgan fingerprint density at radius 1 is 1.73 bits per heavy atom. The first-order valence-corrected chi connectivity index (χ1v) is 4.97. The van der Waals surface area contributed by atoms with E-state index >= 15 is 0 Å². The molecule has 1 heterocycles. The summed E-state index contributed by atoms with van der Waals surface area (Å²) in [6.45, 7) is 6.10. The van der Waals surface area contributed by atoms with Crippen LogP contribution in [0.25, 0.3) is 0 Å². The molecule has 0 aliphatic heterocycles. The molecule has 0 aliphatic rings. The zero-order valence-corrected chi connectivity index (χ0v) is 9.40. The van der Waals surface area contributed by atoms with Crippen molar-refractivity contribution in [1.82, 2.24) is 15.7 Å². The molecule has 0 radical (unpaired) electrons. The van der Waals surface area contributed by atoms with E-state index < -0.39 is 0 Å². The summed E-state index contributed by atoms with van der Waals surface area (Å²) in [5.41, 5.74) is 4.56. The summed E-state index contributed by atoms with van der Waals surface area (Å²) in [5, 5.41) is 7.52. The van der Waals surface area contributed by atoms with Crippen LogP contribution in [0.4, 0.5) is 0 Å². The van der Waals surface area contributed by atoms with Crippen LogP contribution >= 0.6 is 12.2 Å². The zero-order chi connectivity index (χ0) is 11.1. The molecular formula is C10H14N4S. The largest absolute Gasteiger partial charge is 0.360 e. The Balaban J connectivity index is 2.44. The van der Waals surface area contributed by atoms with E-state index in [1.807, 2.05) is 25.3 Å². The van der Waals surface area contributed by atoms with Gasteiger partial charge in [0.25, 0.3) is 0 Å². The van der Waals surface area contributed by atoms with E-state index in [0.717, 1.165) is 11.4 Å². The molecule has 0 aliphatic carbocycles. The number of rotatable bonds is 4. The van der Waals surface area contributed by atoms with Crippen LogP contribution in [0.3, 0.4) is 0 Å². The average molecular weight is 222 g/mol. The van der Waals surface area contributed by atoms with Crippen molar-refractivity contribution >= 4 is 23.0 Å². The minimum atomic E-state index is 0.487. The quantitative estimate of drug-likeness (QED) is 0.312. The first-order valence-electron chi connectivity index (χ1n) is 4.57. The molecule has 0 unspecified atom stereocenters. The predicted molar refractivity (Wildman–Crippen MR) is 66.9 cm³/mol. The Bertz CT molecular complexity index is 354. The van der Waals surface area contributed by atoms with Crippen LogP contribution in [0.2, 0.25) is 0 Å². The van der Waals surface area contributed by atoms with Crippen LogP contribution in [0, 0.1) is 0 Å². The summed E-state index contributed by atoms with van der Waals surface area (Å²) in [4.78, 5) is 3.05. The van der Waals surface area contributed by atoms with Crippen molar-refractivity contribution < 1.29 is 0 Å². The standard InChI is InChI=1S/C10H14N4S/c1-3-6-12-10(15)14-13-8(2)9-5-4-7-11-9/h3-5,7,11H,1,6H2,2H3,(H2,12,14,15)/b13-8-. The molecule has 1 rings (SSSR count). The summed E-state index contributed by atoms with van der Waals surface area (Å²) in [6, 6.07) is 3.86. The normalized spacial score (nSPS) is 10.9. The Kier molecular flexibility index (Phi) is 4.56. The van der Waals surface area contributed by atoms with Gasteiger partial charge in [-0.2, -0.15) is 5.10 Å². The van der Waals surface area contributed by atoms with Gasteiger partial charge in [-0.05, 0) is 31.3 Å². The smallest absolute Gasteiger partial charge is 0.187 e. The molecule has 0 saturated heterocycles. The Morgan fingerprint density at radius 2 is 2.53 bits per heavy atom. The number of thiocarbonyl (C=S) groups is 1. The van der Waals surface area contributed by atoms with Gasteiger partial charge in [0, 0.05) is 12.7 Å². The zero-order valence-electron chi connectivity index (χ0n) is 8.58. The summed E-state index contributed by atoms with van der Waals surface area (Å²) in [6.07, 6.45) is 3.58. The van der Waals surface area contributed by atoms with Crippen molar-refractivity contribution in [2.75, 3.05) is 6.54 Å². The van der Waals surface area contributed by atoms with E-state index in [2.05, 4.69) is 27.4 Å². The highest BCUT2D eigenvalue weighted by Gasteiger charge is 1.97. The third-order valence-electron chi connectivity index (χ3n) is 1.72. The fraction of sp³-hybridized carbons (Fsp3) is 0.200. The van der Waals surface area contributed by atoms with Crippen molar-refractivity contribution in [1.29, 1.82) is 0 Å². The number of aromatic nitrogens is 1. The summed E-state index contributed by atoms with van der Waals surface area (Å²) < 4.78 is 0. The molecule has 15 heavy (non-hydrogen) atoms. The minimum absolute atomic E-state index is 0.487. The molecule has 0 aromatic carbocycles. The highest BCUT2D eigenvalue weighted by Crippen LogP contribution is 1.95. The number of nitrogens with zero attached hydrogens (tertiary/aromatic N) is 1. The Hall–Kier alpha value is -1.62. The molecule has 3 N–H and O–H groups in total. The number of hydrogen-bond acceptors (Lipinski definition) is 2. The van der Waals surface area contributed by atoms with Gasteiger partial charge in [-0.25, -0.2) is 0 Å². The minimum Gasteiger partial charge on any atom is -0.360 e. The number of hydrogen-bond donors (Lipinski definition) is 3. The number of nitrogens with one attached hydrogen (secondary N) is 3. The monoisotopic (exact) mass is 222 g/mol. The predicted octanol–water partition coefficient (Wildman–Crippen LogP) is 1.39. The van der Waals surface area contributed by atoms with Gasteiger partial charge in [-0.3, -0.25) is 5.43 Å². The van der Waals surface area contributed by atoms with Crippen LogP contribution < -0.4 is 10.7 Å². The van der Waals surface area contributed by atoms with Gasteiger partial charge in [-0.1, -0.05) is 6.08 Å². The lowest BCUT2D eigenvalue weighted by atomic mass is 10.3. The maximum absolute atomic E-state index is 4.98. The summed E-state index contributed by atoms with van der Waals surface area (Å²) in [5.74, 6) is 0. The molecule has 0 saturated carbocycles. The molecule has 5 heteroatoms. The highest BCUT2D eigenvalue weighted by molar-refractivity contribution is 7.80. The second kappa shape index (κ2) is 5.98. The maximum Gasteiger partial charge on any atom is 0.187 e. The van der Waals surface area contributed by atoms with E-state index in [-0.39, 0.29) is 0 Å². The molecule has 0 bridgehead atoms. The fourth-order valence-electron chi connectivity index (χ4n) is 0.955. The molecule has 1 aromatic heterocycles. The number of H-pyrrole nitrogens is 1. The van der Waals surface area contributed by atoms with Gasteiger partial charge >= 0.3 is 0 Å². The third kappa shape index (κ3) is 3.95. The molecule has 0 spiro atoms. The first-order chi connectivity index (χ1) is 7.24. The topological polar surface area (TPSA) is 52.2 Å². The van der Waals surface area contributed by atoms with Crippen LogP contribution in [0.15, 0.2) is 36.1 Å². The van der Waals surface area contributed by atoms with Gasteiger partial charge in [0.1, 0.15) is 0 Å². The maximum atomic E-state index is 4.98. The molecular weight excluding hydrogens is 208 g/mol. The van der Waals surface area contributed by atoms with Crippen molar-refractivity contribution in [2.45, 2.75) is 6.92 Å². The van der Waals surface area contributed by atoms with Crippen LogP contribution in [0.5, 0.6) is 0 Å². The van der Waals surface area contributed by atoms with Gasteiger partial charge in [0.05, 0.1) is 11.4 Å². The van der Waals surface area contributed by atoms with Crippen LogP contribution in [-0.2, 0) is 0 Å². The van der Waals surface area contributed by atoms with Crippen molar-refractivity contribution in [2.24, 2.45) is 5.10 Å². The Labute approximate surface area is 94.5 Å². The van der Waals surface area contributed by atoms with Crippen molar-refractivity contribution in [3.8, 4) is 0 Å². The van der Waals surface area contributed by atoms with Gasteiger partial charge in [-0.15, -0.1) is 6.58 Å². The third-order valence-corrected chi connectivity index (χ3v) is 1.96. The van der Waals surface area contributed by atoms with E-state index in [0.29, 0.717) is 11.7 Å². The molecule has 80 valence electrons. The van der Waals surface area contributed by atoms with Crippen molar-refractivity contribution in [3.05, 3.63) is 36.7 Å². The Morgan fingerprint density at radius 3 is 3.13 bits per heavy atom. The fourth-order valence-corrected chi connectivity index (χ4v) is 1.08. The van der Waals surface area contributed by atoms with E-state index in [9.17, 15) is 0 Å². The van der Waals surface area contributed by atoms with Crippen molar-refractivity contribution in [3.63, 3.8) is 0 Å². The number of hydrazone groups is 1. The SMILES string of the molecule is C=CCNC(=S)N/N=C(/C)c1ccc[nH]1. The lowest BCUT2D eigenvalue weighted by Crippen LogP contribution is -2.32.